The van der Waals surface area contributed by atoms with Crippen molar-refractivity contribution in [2.24, 2.45) is 0 Å². The fourth-order valence-corrected chi connectivity index (χ4v) is 6.17. The first-order valence-corrected chi connectivity index (χ1v) is 17.4. The summed E-state index contributed by atoms with van der Waals surface area (Å²) in [6.45, 7) is 17.8. The Morgan fingerprint density at radius 3 is 2.12 bits per heavy atom. The fourth-order valence-electron chi connectivity index (χ4n) is 5.28. The van der Waals surface area contributed by atoms with Gasteiger partial charge in [0, 0.05) is 23.5 Å². The van der Waals surface area contributed by atoms with Gasteiger partial charge < -0.3 is 19.9 Å². The molecule has 1 unspecified atom stereocenters. The summed E-state index contributed by atoms with van der Waals surface area (Å²) in [4.78, 5) is 32.2. The van der Waals surface area contributed by atoms with Gasteiger partial charge >= 0.3 is 5.97 Å². The molecule has 0 fully saturated rings. The second-order valence-corrected chi connectivity index (χ2v) is 15.2. The number of aryl methyl sites for hydroxylation is 2. The second kappa shape index (κ2) is 18.1. The predicted octanol–water partition coefficient (Wildman–Crippen LogP) is 8.57. The van der Waals surface area contributed by atoms with Gasteiger partial charge in [-0.1, -0.05) is 69.3 Å². The molecule has 2 N–H and O–H groups in total. The molecule has 0 aliphatic heterocycles. The normalized spacial score (nSPS) is 12.0. The van der Waals surface area contributed by atoms with Crippen LogP contribution in [0.3, 0.4) is 0 Å². The summed E-state index contributed by atoms with van der Waals surface area (Å²) in [6, 6.07) is 24.1. The average molecular weight is 701 g/mol. The number of carbonyl (C=O) groups is 2. The molecule has 0 amide bonds. The second-order valence-electron chi connectivity index (χ2n) is 14.1. The molecule has 0 saturated heterocycles. The third-order valence-corrected chi connectivity index (χ3v) is 8.81. The van der Waals surface area contributed by atoms with Gasteiger partial charge in [-0.25, -0.2) is 14.8 Å². The highest BCUT2D eigenvalue weighted by Gasteiger charge is 2.23. The van der Waals surface area contributed by atoms with Crippen LogP contribution in [0.25, 0.3) is 11.3 Å². The van der Waals surface area contributed by atoms with Gasteiger partial charge in [-0.15, -0.1) is 0 Å². The number of aromatic carboxylic acids is 1. The number of hydrogen-bond donors (Lipinski definition) is 2. The zero-order chi connectivity index (χ0) is 37.1. The zero-order valence-corrected chi connectivity index (χ0v) is 31.9. The lowest BCUT2D eigenvalue weighted by atomic mass is 9.84. The molecule has 0 saturated carbocycles. The molecule has 268 valence electrons. The molecule has 9 nitrogen and oxygen atoms in total. The number of nitrogens with zero attached hydrogens (tertiary/aromatic N) is 3. The van der Waals surface area contributed by atoms with Crippen molar-refractivity contribution in [3.63, 3.8) is 0 Å². The highest BCUT2D eigenvalue weighted by atomic mass is 32.2. The van der Waals surface area contributed by atoms with Crippen LogP contribution in [0.4, 0.5) is 5.95 Å². The molecule has 0 aliphatic rings. The number of aromatic nitrogens is 2. The van der Waals surface area contributed by atoms with Crippen molar-refractivity contribution in [1.82, 2.24) is 15.3 Å². The lowest BCUT2D eigenvalue weighted by Gasteiger charge is -2.25. The van der Waals surface area contributed by atoms with Gasteiger partial charge in [-0.2, -0.15) is 0 Å². The van der Waals surface area contributed by atoms with Gasteiger partial charge in [0.25, 0.3) is 6.47 Å². The molecular weight excluding hydrogens is 649 g/mol. The Hall–Kier alpha value is -4.25. The first kappa shape index (κ1) is 40.2. The minimum absolute atomic E-state index is 0.0241. The van der Waals surface area contributed by atoms with Crippen LogP contribution in [-0.4, -0.2) is 60.6 Å². The van der Waals surface area contributed by atoms with Crippen molar-refractivity contribution in [2.45, 2.75) is 83.6 Å². The van der Waals surface area contributed by atoms with Gasteiger partial charge in [0.1, 0.15) is 12.3 Å². The first-order chi connectivity index (χ1) is 23.6. The van der Waals surface area contributed by atoms with Crippen LogP contribution in [0, 0.1) is 13.8 Å². The summed E-state index contributed by atoms with van der Waals surface area (Å²) in [5, 5.41) is 12.9. The van der Waals surface area contributed by atoms with Crippen molar-refractivity contribution < 1.29 is 24.2 Å². The molecule has 0 aliphatic carbocycles. The standard InChI is InChI=1S/C35H42N4O3S.C5H10O2/c1-23-10-8-11-24(2)32(23)31-21-30(29(18-19-36-6)25-14-16-27(17-15-25)35(3,4)5)37-34(38-31)39(22-42-7)43-28-13-9-12-26(20-28)33(40)41;1-5(2,3)7-4-6/h8-17,20-21,29,36H,18-19,22H2,1-7H3,(H,40,41);4H,1-3H3. The SMILES string of the molecule is CC(C)(C)OC=O.CNCCC(c1ccc(C(C)(C)C)cc1)c1cc(-c2c(C)cccc2C)nc(N(COC)Sc2cccc(C(=O)O)c2)n1. The molecule has 3 aromatic carbocycles. The van der Waals surface area contributed by atoms with Crippen LogP contribution < -0.4 is 9.62 Å². The number of carboxylic acid groups (broad SMARTS) is 1. The molecule has 4 aromatic rings. The van der Waals surface area contributed by atoms with Crippen molar-refractivity contribution in [3.05, 3.63) is 106 Å². The third-order valence-electron chi connectivity index (χ3n) is 7.86. The quantitative estimate of drug-likeness (QED) is 0.0799. The summed E-state index contributed by atoms with van der Waals surface area (Å²) < 4.78 is 12.0. The number of anilines is 1. The van der Waals surface area contributed by atoms with E-state index in [4.69, 9.17) is 14.7 Å². The number of nitrogens with one attached hydrogen (secondary N) is 1. The Kier molecular flexibility index (Phi) is 14.6. The summed E-state index contributed by atoms with van der Waals surface area (Å²) >= 11 is 1.36. The van der Waals surface area contributed by atoms with E-state index in [0.717, 1.165) is 45.9 Å². The van der Waals surface area contributed by atoms with Gasteiger partial charge in [0.05, 0.1) is 17.0 Å². The maximum Gasteiger partial charge on any atom is 0.335 e. The lowest BCUT2D eigenvalue weighted by molar-refractivity contribution is -0.138. The average Bonchev–Trinajstić information content (AvgIpc) is 3.04. The molecule has 1 aromatic heterocycles. The maximum absolute atomic E-state index is 11.6. The first-order valence-electron chi connectivity index (χ1n) is 16.7. The van der Waals surface area contributed by atoms with Gasteiger partial charge in [0.2, 0.25) is 5.95 Å². The van der Waals surface area contributed by atoms with Crippen molar-refractivity contribution in [3.8, 4) is 11.3 Å². The van der Waals surface area contributed by atoms with E-state index in [1.807, 2.05) is 38.2 Å². The van der Waals surface area contributed by atoms with E-state index in [0.29, 0.717) is 12.4 Å². The topological polar surface area (TPSA) is 114 Å². The minimum Gasteiger partial charge on any atom is -0.478 e. The third kappa shape index (κ3) is 11.7. The zero-order valence-electron chi connectivity index (χ0n) is 31.0. The smallest absolute Gasteiger partial charge is 0.335 e. The molecular formula is C40H52N4O5S. The summed E-state index contributed by atoms with van der Waals surface area (Å²) in [5.41, 5.74) is 7.56. The molecule has 10 heteroatoms. The number of benzene rings is 3. The van der Waals surface area contributed by atoms with E-state index < -0.39 is 5.97 Å². The monoisotopic (exact) mass is 700 g/mol. The van der Waals surface area contributed by atoms with Crippen LogP contribution in [0.5, 0.6) is 0 Å². The Morgan fingerprint density at radius 2 is 1.60 bits per heavy atom. The fraction of sp³-hybridized carbons (Fsp3) is 0.400. The van der Waals surface area contributed by atoms with Crippen LogP contribution in [0.15, 0.2) is 77.7 Å². The van der Waals surface area contributed by atoms with E-state index in [1.165, 1.54) is 23.1 Å². The van der Waals surface area contributed by atoms with Crippen molar-refractivity contribution in [2.75, 3.05) is 31.7 Å². The van der Waals surface area contributed by atoms with E-state index >= 15 is 0 Å². The highest BCUT2D eigenvalue weighted by molar-refractivity contribution is 8.00. The van der Waals surface area contributed by atoms with E-state index in [9.17, 15) is 14.7 Å². The van der Waals surface area contributed by atoms with E-state index in [1.54, 1.807) is 25.3 Å². The van der Waals surface area contributed by atoms with Crippen LogP contribution in [0.2, 0.25) is 0 Å². The summed E-state index contributed by atoms with van der Waals surface area (Å²) in [7, 11) is 3.60. The molecule has 4 rings (SSSR count). The maximum atomic E-state index is 11.6. The molecule has 0 spiro atoms. The van der Waals surface area contributed by atoms with E-state index in [-0.39, 0.29) is 29.2 Å². The van der Waals surface area contributed by atoms with Crippen molar-refractivity contribution in [1.29, 1.82) is 0 Å². The molecule has 50 heavy (non-hydrogen) atoms. The number of rotatable bonds is 13. The Labute approximate surface area is 302 Å². The van der Waals surface area contributed by atoms with Gasteiger partial charge in [0.15, 0.2) is 0 Å². The largest absolute Gasteiger partial charge is 0.478 e. The highest BCUT2D eigenvalue weighted by Crippen LogP contribution is 2.36. The number of carboxylic acids is 1. The lowest BCUT2D eigenvalue weighted by Crippen LogP contribution is -2.22. The Bertz CT molecular complexity index is 1690. The van der Waals surface area contributed by atoms with E-state index in [2.05, 4.69) is 93.2 Å². The molecule has 1 heterocycles. The molecule has 0 bridgehead atoms. The van der Waals surface area contributed by atoms with Crippen LogP contribution in [-0.2, 0) is 19.7 Å². The van der Waals surface area contributed by atoms with Gasteiger partial charge in [-0.3, -0.25) is 9.10 Å². The molecule has 1 atom stereocenters. The minimum atomic E-state index is -0.971. The van der Waals surface area contributed by atoms with Gasteiger partial charge in [-0.05, 0) is 119 Å². The van der Waals surface area contributed by atoms with Crippen molar-refractivity contribution >= 4 is 30.3 Å². The number of carbonyl (C=O) groups excluding carboxylic acids is 1. The number of hydrogen-bond acceptors (Lipinski definition) is 9. The number of ether oxygens (including phenoxy) is 2. The Morgan fingerprint density at radius 1 is 0.960 bits per heavy atom. The number of methoxy groups -OCH3 is 1. The predicted molar refractivity (Wildman–Crippen MR) is 203 cm³/mol. The Balaban J connectivity index is 0.000000872. The molecule has 0 radical (unpaired) electrons. The van der Waals surface area contributed by atoms with Crippen LogP contribution in [0.1, 0.15) is 92.2 Å². The summed E-state index contributed by atoms with van der Waals surface area (Å²) in [6.07, 6.45) is 0.853. The summed E-state index contributed by atoms with van der Waals surface area (Å²) in [5.74, 6) is -0.444. The van der Waals surface area contributed by atoms with Crippen LogP contribution >= 0.6 is 11.9 Å².